The zero-order valence-corrected chi connectivity index (χ0v) is 12.9. The molecule has 3 atom stereocenters. The van der Waals surface area contributed by atoms with Crippen LogP contribution in [0.2, 0.25) is 0 Å². The van der Waals surface area contributed by atoms with Crippen molar-refractivity contribution in [2.24, 2.45) is 11.8 Å². The summed E-state index contributed by atoms with van der Waals surface area (Å²) in [7, 11) is 0. The number of carbonyl (C=O) groups is 3. The van der Waals surface area contributed by atoms with Crippen molar-refractivity contribution >= 4 is 17.7 Å². The van der Waals surface area contributed by atoms with Crippen molar-refractivity contribution < 1.29 is 19.1 Å². The van der Waals surface area contributed by atoms with Gasteiger partial charge in [-0.1, -0.05) is 37.3 Å². The normalized spacial score (nSPS) is 20.8. The van der Waals surface area contributed by atoms with Crippen molar-refractivity contribution in [3.63, 3.8) is 0 Å². The number of Topliss-reactive ketones (excluding diaryl/α,β-unsaturated/α-hetero) is 1. The van der Waals surface area contributed by atoms with E-state index in [1.54, 1.807) is 0 Å². The predicted molar refractivity (Wildman–Crippen MR) is 81.0 cm³/mol. The Morgan fingerprint density at radius 1 is 1.27 bits per heavy atom. The molecule has 2 rings (SSSR count). The van der Waals surface area contributed by atoms with Crippen LogP contribution in [0.15, 0.2) is 30.3 Å². The first-order valence-corrected chi connectivity index (χ1v) is 7.47. The topological polar surface area (TPSA) is 72.5 Å². The Bertz CT molecular complexity index is 555. The molecule has 0 aliphatic heterocycles. The summed E-state index contributed by atoms with van der Waals surface area (Å²) in [6.45, 7) is 3.07. The molecule has 1 amide bonds. The van der Waals surface area contributed by atoms with Gasteiger partial charge in [0.1, 0.15) is 0 Å². The van der Waals surface area contributed by atoms with Gasteiger partial charge in [-0.2, -0.15) is 0 Å². The molecule has 22 heavy (non-hydrogen) atoms. The molecular formula is C17H21NO4. The van der Waals surface area contributed by atoms with E-state index >= 15 is 0 Å². The molecule has 1 aliphatic carbocycles. The van der Waals surface area contributed by atoms with E-state index in [-0.39, 0.29) is 24.3 Å². The molecule has 0 spiro atoms. The summed E-state index contributed by atoms with van der Waals surface area (Å²) in [6.07, 6.45) is 1.25. The van der Waals surface area contributed by atoms with Crippen LogP contribution in [0.25, 0.3) is 0 Å². The lowest BCUT2D eigenvalue weighted by atomic mass is 10.0. The number of hydrogen-bond donors (Lipinski definition) is 1. The van der Waals surface area contributed by atoms with E-state index in [1.165, 1.54) is 6.92 Å². The highest BCUT2D eigenvalue weighted by Crippen LogP contribution is 2.38. The van der Waals surface area contributed by atoms with Crippen molar-refractivity contribution in [3.8, 4) is 0 Å². The van der Waals surface area contributed by atoms with Crippen molar-refractivity contribution in [2.45, 2.75) is 32.7 Å². The minimum atomic E-state index is -0.603. The highest BCUT2D eigenvalue weighted by atomic mass is 16.5. The molecule has 0 saturated heterocycles. The van der Waals surface area contributed by atoms with Gasteiger partial charge >= 0.3 is 5.97 Å². The first-order chi connectivity index (χ1) is 10.5. The van der Waals surface area contributed by atoms with Crippen LogP contribution < -0.4 is 5.32 Å². The molecular weight excluding hydrogens is 282 g/mol. The van der Waals surface area contributed by atoms with E-state index in [9.17, 15) is 14.4 Å². The summed E-state index contributed by atoms with van der Waals surface area (Å²) in [4.78, 5) is 35.1. The Hall–Kier alpha value is -2.17. The number of hydrogen-bond acceptors (Lipinski definition) is 4. The Morgan fingerprint density at radius 3 is 2.45 bits per heavy atom. The van der Waals surface area contributed by atoms with E-state index in [0.29, 0.717) is 12.3 Å². The van der Waals surface area contributed by atoms with E-state index in [2.05, 4.69) is 5.32 Å². The maximum absolute atomic E-state index is 11.8. The number of rotatable bonds is 7. The van der Waals surface area contributed by atoms with Crippen molar-refractivity contribution in [1.82, 2.24) is 5.32 Å². The molecule has 0 aromatic heterocycles. The second-order valence-electron chi connectivity index (χ2n) is 5.85. The summed E-state index contributed by atoms with van der Waals surface area (Å²) >= 11 is 0. The summed E-state index contributed by atoms with van der Waals surface area (Å²) in [5, 5.41) is 2.63. The second kappa shape index (κ2) is 7.20. The average molecular weight is 303 g/mol. The quantitative estimate of drug-likeness (QED) is 0.775. The third-order valence-corrected chi connectivity index (χ3v) is 3.87. The molecule has 5 heteroatoms. The minimum Gasteiger partial charge on any atom is -0.455 e. The smallest absolute Gasteiger partial charge is 0.309 e. The Morgan fingerprint density at radius 2 is 1.91 bits per heavy atom. The molecule has 5 nitrogen and oxygen atoms in total. The first kappa shape index (κ1) is 16.2. The summed E-state index contributed by atoms with van der Waals surface area (Å²) in [6, 6.07) is 8.85. The first-order valence-electron chi connectivity index (χ1n) is 7.47. The highest BCUT2D eigenvalue weighted by molar-refractivity contribution is 5.89. The van der Waals surface area contributed by atoms with Crippen molar-refractivity contribution in [3.05, 3.63) is 35.9 Å². The van der Waals surface area contributed by atoms with E-state index in [0.717, 1.165) is 12.0 Å². The number of benzene rings is 1. The van der Waals surface area contributed by atoms with Crippen LogP contribution in [0, 0.1) is 11.8 Å². The van der Waals surface area contributed by atoms with E-state index < -0.39 is 11.9 Å². The lowest BCUT2D eigenvalue weighted by Crippen LogP contribution is -2.43. The van der Waals surface area contributed by atoms with Gasteiger partial charge in [-0.25, -0.2) is 0 Å². The van der Waals surface area contributed by atoms with Gasteiger partial charge in [-0.15, -0.1) is 0 Å². The van der Waals surface area contributed by atoms with Crippen LogP contribution in [-0.4, -0.2) is 30.3 Å². The molecule has 1 aliphatic rings. The molecule has 1 aromatic carbocycles. The summed E-state index contributed by atoms with van der Waals surface area (Å²) < 4.78 is 4.97. The monoisotopic (exact) mass is 303 g/mol. The minimum absolute atomic E-state index is 0.0688. The number of carbonyl (C=O) groups excluding carboxylic acids is 3. The van der Waals surface area contributed by atoms with Gasteiger partial charge in [0.15, 0.2) is 12.4 Å². The van der Waals surface area contributed by atoms with Gasteiger partial charge in [-0.3, -0.25) is 14.4 Å². The van der Waals surface area contributed by atoms with Gasteiger partial charge in [0.05, 0.1) is 12.0 Å². The van der Waals surface area contributed by atoms with Gasteiger partial charge in [0, 0.05) is 0 Å². The number of amides is 1. The Labute approximate surface area is 130 Å². The molecule has 1 N–H and O–H groups in total. The standard InChI is InChI=1S/C17H21NO4/c1-11-8-14(11)17(21)22-10-16(20)18-15(12(2)19)9-13-6-4-3-5-7-13/h3-7,11,14-15H,8-10H2,1-2H3,(H,18,20)/t11-,14-,15+/m1/s1. The predicted octanol–water partition coefficient (Wildman–Crippen LogP) is 1.50. The van der Waals surface area contributed by atoms with Gasteiger partial charge in [-0.05, 0) is 31.2 Å². The summed E-state index contributed by atoms with van der Waals surface area (Å²) in [5.41, 5.74) is 0.965. The lowest BCUT2D eigenvalue weighted by molar-refractivity contribution is -0.150. The second-order valence-corrected chi connectivity index (χ2v) is 5.85. The van der Waals surface area contributed by atoms with E-state index in [1.807, 2.05) is 37.3 Å². The zero-order valence-electron chi connectivity index (χ0n) is 12.9. The third-order valence-electron chi connectivity index (χ3n) is 3.87. The molecule has 0 heterocycles. The lowest BCUT2D eigenvalue weighted by Gasteiger charge is -2.16. The van der Waals surface area contributed by atoms with Crippen LogP contribution >= 0.6 is 0 Å². The third kappa shape index (κ3) is 4.69. The summed E-state index contributed by atoms with van der Waals surface area (Å²) in [5.74, 6) is -0.624. The van der Waals surface area contributed by atoms with Crippen LogP contribution in [0.5, 0.6) is 0 Å². The van der Waals surface area contributed by atoms with Crippen LogP contribution in [0.3, 0.4) is 0 Å². The van der Waals surface area contributed by atoms with Crippen LogP contribution in [-0.2, 0) is 25.5 Å². The fourth-order valence-corrected chi connectivity index (χ4v) is 2.28. The fraction of sp³-hybridized carbons (Fsp3) is 0.471. The SMILES string of the molecule is CC(=O)[C@H](Cc1ccccc1)NC(=O)COC(=O)[C@@H]1C[C@H]1C. The largest absolute Gasteiger partial charge is 0.455 e. The highest BCUT2D eigenvalue weighted by Gasteiger charge is 2.40. The molecule has 1 aromatic rings. The average Bonchev–Trinajstić information content (AvgIpc) is 3.22. The number of ketones is 1. The molecule has 1 saturated carbocycles. The molecule has 0 bridgehead atoms. The maximum atomic E-state index is 11.8. The fourth-order valence-electron chi connectivity index (χ4n) is 2.28. The van der Waals surface area contributed by atoms with Crippen molar-refractivity contribution in [1.29, 1.82) is 0 Å². The Balaban J connectivity index is 1.81. The van der Waals surface area contributed by atoms with Gasteiger partial charge in [0.2, 0.25) is 0 Å². The van der Waals surface area contributed by atoms with E-state index in [4.69, 9.17) is 4.74 Å². The van der Waals surface area contributed by atoms with Crippen molar-refractivity contribution in [2.75, 3.05) is 6.61 Å². The molecule has 1 fully saturated rings. The van der Waals surface area contributed by atoms with Crippen LogP contribution in [0.4, 0.5) is 0 Å². The molecule has 0 radical (unpaired) electrons. The van der Waals surface area contributed by atoms with Gasteiger partial charge < -0.3 is 10.1 Å². The number of nitrogens with one attached hydrogen (secondary N) is 1. The number of ether oxygens (including phenoxy) is 1. The van der Waals surface area contributed by atoms with Gasteiger partial charge in [0.25, 0.3) is 5.91 Å². The molecule has 118 valence electrons. The zero-order chi connectivity index (χ0) is 16.1. The number of esters is 1. The Kier molecular flexibility index (Phi) is 5.31. The molecule has 0 unspecified atom stereocenters. The van der Waals surface area contributed by atoms with Crippen LogP contribution in [0.1, 0.15) is 25.8 Å². The maximum Gasteiger partial charge on any atom is 0.309 e.